The number of nitrogens with zero attached hydrogens (tertiary/aromatic N) is 3. The number of hydrogen-bond acceptors (Lipinski definition) is 6. The van der Waals surface area contributed by atoms with Gasteiger partial charge in [0.05, 0.1) is 16.3 Å². The zero-order valence-corrected chi connectivity index (χ0v) is 25.7. The Labute approximate surface area is 245 Å². The van der Waals surface area contributed by atoms with Crippen LogP contribution in [-0.2, 0) is 24.8 Å². The molecule has 1 spiro atoms. The number of rotatable bonds is 7. The van der Waals surface area contributed by atoms with Gasteiger partial charge < -0.3 is 5.32 Å². The summed E-state index contributed by atoms with van der Waals surface area (Å²) in [6, 6.07) is 15.1. The Morgan fingerprint density at radius 1 is 0.780 bits per heavy atom. The molecule has 11 heteroatoms. The number of amides is 1. The predicted molar refractivity (Wildman–Crippen MR) is 159 cm³/mol. The van der Waals surface area contributed by atoms with Gasteiger partial charge in [-0.2, -0.15) is 8.61 Å². The van der Waals surface area contributed by atoms with Gasteiger partial charge in [-0.3, -0.25) is 9.69 Å². The molecule has 0 saturated carbocycles. The average Bonchev–Trinajstić information content (AvgIpc) is 2.97. The zero-order chi connectivity index (χ0) is 29.3. The molecule has 3 heterocycles. The average molecular weight is 603 g/mol. The molecule has 2 aromatic rings. The van der Waals surface area contributed by atoms with E-state index in [1.165, 1.54) is 4.31 Å². The molecule has 0 atom stereocenters. The van der Waals surface area contributed by atoms with Gasteiger partial charge in [0, 0.05) is 30.9 Å². The van der Waals surface area contributed by atoms with Crippen LogP contribution >= 0.6 is 0 Å². The minimum Gasteiger partial charge on any atom is -0.325 e. The van der Waals surface area contributed by atoms with Crippen molar-refractivity contribution in [2.45, 2.75) is 74.1 Å². The van der Waals surface area contributed by atoms with Crippen LogP contribution in [0.5, 0.6) is 0 Å². The second kappa shape index (κ2) is 11.8. The molecule has 3 aliphatic rings. The van der Waals surface area contributed by atoms with Gasteiger partial charge in [0.15, 0.2) is 0 Å². The van der Waals surface area contributed by atoms with Gasteiger partial charge in [-0.15, -0.1) is 0 Å². The summed E-state index contributed by atoms with van der Waals surface area (Å²) in [5.74, 6) is -0.188. The maximum atomic E-state index is 13.6. The molecule has 5 rings (SSSR count). The van der Waals surface area contributed by atoms with Crippen LogP contribution in [0.2, 0.25) is 0 Å². The predicted octanol–water partition coefficient (Wildman–Crippen LogP) is 4.15. The number of benzene rings is 2. The largest absolute Gasteiger partial charge is 0.325 e. The van der Waals surface area contributed by atoms with Gasteiger partial charge in [-0.05, 0) is 101 Å². The van der Waals surface area contributed by atoms with Crippen molar-refractivity contribution in [3.05, 3.63) is 54.6 Å². The lowest BCUT2D eigenvalue weighted by Crippen LogP contribution is -2.59. The van der Waals surface area contributed by atoms with Crippen LogP contribution in [0.25, 0.3) is 0 Å². The summed E-state index contributed by atoms with van der Waals surface area (Å²) < 4.78 is 56.6. The Morgan fingerprint density at radius 2 is 1.44 bits per heavy atom. The number of anilines is 1. The van der Waals surface area contributed by atoms with Crippen LogP contribution in [0.1, 0.15) is 58.8 Å². The van der Waals surface area contributed by atoms with Crippen LogP contribution in [0, 0.1) is 5.41 Å². The molecule has 0 radical (unpaired) electrons. The molecule has 9 nitrogen and oxygen atoms in total. The molecule has 3 aliphatic heterocycles. The van der Waals surface area contributed by atoms with E-state index < -0.39 is 25.6 Å². The fourth-order valence-corrected chi connectivity index (χ4v) is 9.91. The number of hydrogen-bond donors (Lipinski definition) is 1. The molecule has 2 aromatic carbocycles. The second-order valence-corrected chi connectivity index (χ2v) is 16.3. The second-order valence-electron chi connectivity index (χ2n) is 12.5. The van der Waals surface area contributed by atoms with Crippen LogP contribution in [0.15, 0.2) is 64.4 Å². The van der Waals surface area contributed by atoms with E-state index in [1.54, 1.807) is 52.8 Å². The third kappa shape index (κ3) is 6.54. The van der Waals surface area contributed by atoms with Crippen LogP contribution in [-0.4, -0.2) is 81.1 Å². The van der Waals surface area contributed by atoms with E-state index in [0.717, 1.165) is 44.9 Å². The lowest BCUT2D eigenvalue weighted by Gasteiger charge is -2.53. The first-order chi connectivity index (χ1) is 19.4. The van der Waals surface area contributed by atoms with Gasteiger partial charge in [0.1, 0.15) is 0 Å². The first kappa shape index (κ1) is 30.2. The molecule has 3 fully saturated rings. The first-order valence-corrected chi connectivity index (χ1v) is 17.5. The molecule has 1 N–H and O–H groups in total. The Balaban J connectivity index is 1.19. The standard InChI is InChI=1S/C30H42N4O5S2/c1-29(2)14-15-30(24-34(29)41(38,39)26-11-5-3-6-12-26)16-20-32(21-17-30)23-28(35)31-25-10-9-13-27(22-25)40(36,37)33-18-7-4-8-19-33/h3,5-6,9-13,22H,4,7-8,14-21,23-24H2,1-2H3,(H,31,35). The van der Waals surface area contributed by atoms with E-state index in [4.69, 9.17) is 0 Å². The van der Waals surface area contributed by atoms with E-state index in [9.17, 15) is 21.6 Å². The Morgan fingerprint density at radius 3 is 2.12 bits per heavy atom. The number of carbonyl (C=O) groups is 1. The van der Waals surface area contributed by atoms with Crippen molar-refractivity contribution in [2.75, 3.05) is 44.6 Å². The van der Waals surface area contributed by atoms with Crippen molar-refractivity contribution in [2.24, 2.45) is 5.41 Å². The molecular weight excluding hydrogens is 560 g/mol. The molecular formula is C30H42N4O5S2. The molecule has 41 heavy (non-hydrogen) atoms. The SMILES string of the molecule is CC1(C)CCC2(CCN(CC(=O)Nc3cccc(S(=O)(=O)N4CCCCC4)c3)CC2)CN1S(=O)(=O)c1ccccc1. The van der Waals surface area contributed by atoms with E-state index >= 15 is 0 Å². The Hall–Kier alpha value is -2.31. The van der Waals surface area contributed by atoms with E-state index in [-0.39, 0.29) is 22.8 Å². The summed E-state index contributed by atoms with van der Waals surface area (Å²) in [6.45, 7) is 7.17. The van der Waals surface area contributed by atoms with Gasteiger partial charge >= 0.3 is 0 Å². The molecule has 0 bridgehead atoms. The third-order valence-electron chi connectivity index (χ3n) is 9.11. The fraction of sp³-hybridized carbons (Fsp3) is 0.567. The molecule has 3 saturated heterocycles. The van der Waals surface area contributed by atoms with Crippen molar-refractivity contribution in [3.8, 4) is 0 Å². The summed E-state index contributed by atoms with van der Waals surface area (Å²) in [4.78, 5) is 15.6. The molecule has 0 aromatic heterocycles. The van der Waals surface area contributed by atoms with Crippen molar-refractivity contribution in [1.82, 2.24) is 13.5 Å². The topological polar surface area (TPSA) is 107 Å². The fourth-order valence-electron chi connectivity index (χ4n) is 6.41. The summed E-state index contributed by atoms with van der Waals surface area (Å²) in [6.07, 6.45) is 6.16. The third-order valence-corrected chi connectivity index (χ3v) is 13.1. The summed E-state index contributed by atoms with van der Waals surface area (Å²) in [5.41, 5.74) is -0.105. The summed E-state index contributed by atoms with van der Waals surface area (Å²) in [5, 5.41) is 2.88. The van der Waals surface area contributed by atoms with Gasteiger partial charge in [0.2, 0.25) is 26.0 Å². The van der Waals surface area contributed by atoms with Crippen molar-refractivity contribution < 1.29 is 21.6 Å². The van der Waals surface area contributed by atoms with Crippen molar-refractivity contribution in [1.29, 1.82) is 0 Å². The lowest BCUT2D eigenvalue weighted by atomic mass is 9.69. The Bertz CT molecular complexity index is 1450. The van der Waals surface area contributed by atoms with Gasteiger partial charge in [-0.1, -0.05) is 30.7 Å². The van der Waals surface area contributed by atoms with Crippen LogP contribution in [0.4, 0.5) is 5.69 Å². The molecule has 1 amide bonds. The smallest absolute Gasteiger partial charge is 0.243 e. The summed E-state index contributed by atoms with van der Waals surface area (Å²) >= 11 is 0. The maximum Gasteiger partial charge on any atom is 0.243 e. The lowest BCUT2D eigenvalue weighted by molar-refractivity contribution is -0.118. The first-order valence-electron chi connectivity index (χ1n) is 14.6. The van der Waals surface area contributed by atoms with Crippen molar-refractivity contribution in [3.63, 3.8) is 0 Å². The van der Waals surface area contributed by atoms with E-state index in [1.807, 2.05) is 19.9 Å². The number of piperidine rings is 3. The van der Waals surface area contributed by atoms with Gasteiger partial charge in [-0.25, -0.2) is 16.8 Å². The Kier molecular flexibility index (Phi) is 8.65. The number of sulfonamides is 2. The molecule has 224 valence electrons. The number of likely N-dealkylation sites (tertiary alicyclic amines) is 1. The minimum absolute atomic E-state index is 0.110. The number of carbonyl (C=O) groups excluding carboxylic acids is 1. The highest BCUT2D eigenvalue weighted by atomic mass is 32.2. The highest BCUT2D eigenvalue weighted by Gasteiger charge is 2.49. The van der Waals surface area contributed by atoms with Crippen molar-refractivity contribution >= 4 is 31.6 Å². The number of nitrogens with one attached hydrogen (secondary N) is 1. The maximum absolute atomic E-state index is 13.6. The van der Waals surface area contributed by atoms with E-state index in [0.29, 0.717) is 43.3 Å². The normalized spacial score (nSPS) is 22.4. The van der Waals surface area contributed by atoms with Crippen LogP contribution < -0.4 is 5.32 Å². The minimum atomic E-state index is -3.62. The highest BCUT2D eigenvalue weighted by molar-refractivity contribution is 7.89. The van der Waals surface area contributed by atoms with Gasteiger partial charge in [0.25, 0.3) is 0 Å². The molecule has 0 unspecified atom stereocenters. The molecule has 0 aliphatic carbocycles. The van der Waals surface area contributed by atoms with E-state index in [2.05, 4.69) is 10.2 Å². The zero-order valence-electron chi connectivity index (χ0n) is 24.1. The monoisotopic (exact) mass is 602 g/mol. The quantitative estimate of drug-likeness (QED) is 0.511. The van der Waals surface area contributed by atoms with Crippen LogP contribution in [0.3, 0.4) is 0 Å². The summed E-state index contributed by atoms with van der Waals surface area (Å²) in [7, 11) is -7.20. The highest BCUT2D eigenvalue weighted by Crippen LogP contribution is 2.46.